The molecule has 1 N–H and O–H groups in total. The number of likely N-dealkylation sites (tertiary alicyclic amines) is 1. The van der Waals surface area contributed by atoms with Crippen LogP contribution in [0, 0.1) is 5.92 Å². The molecule has 1 aromatic carbocycles. The van der Waals surface area contributed by atoms with E-state index in [9.17, 15) is 4.79 Å². The summed E-state index contributed by atoms with van der Waals surface area (Å²) in [5.41, 5.74) is 2.45. The molecule has 1 aromatic rings. The highest BCUT2D eigenvalue weighted by Crippen LogP contribution is 2.21. The number of hydrogen-bond donors (Lipinski definition) is 1. The number of carboxylic acids is 1. The van der Waals surface area contributed by atoms with Crippen LogP contribution in [0.5, 0.6) is 0 Å². The number of methoxy groups -OCH3 is 1. The van der Waals surface area contributed by atoms with Gasteiger partial charge >= 0.3 is 5.97 Å². The van der Waals surface area contributed by atoms with Gasteiger partial charge in [-0.25, -0.2) is 0 Å². The Morgan fingerprint density at radius 1 is 1.47 bits per heavy atom. The van der Waals surface area contributed by atoms with Gasteiger partial charge < -0.3 is 9.84 Å². The van der Waals surface area contributed by atoms with Gasteiger partial charge in [-0.3, -0.25) is 9.69 Å². The first-order chi connectivity index (χ1) is 9.17. The maximum absolute atomic E-state index is 10.7. The molecule has 1 fully saturated rings. The molecule has 0 aliphatic carbocycles. The number of aliphatic carboxylic acids is 1. The predicted octanol–water partition coefficient (Wildman–Crippen LogP) is 2.13. The van der Waals surface area contributed by atoms with Gasteiger partial charge in [0, 0.05) is 26.6 Å². The first kappa shape index (κ1) is 14.0. The van der Waals surface area contributed by atoms with Crippen LogP contribution in [0.2, 0.25) is 0 Å². The molecular formula is C15H21NO3. The first-order valence-corrected chi connectivity index (χ1v) is 6.68. The van der Waals surface area contributed by atoms with E-state index >= 15 is 0 Å². The smallest absolute Gasteiger partial charge is 0.303 e. The van der Waals surface area contributed by atoms with Gasteiger partial charge in [0.2, 0.25) is 0 Å². The van der Waals surface area contributed by atoms with Crippen molar-refractivity contribution in [3.05, 3.63) is 35.4 Å². The van der Waals surface area contributed by atoms with E-state index in [1.54, 1.807) is 7.11 Å². The van der Waals surface area contributed by atoms with Gasteiger partial charge in [0.1, 0.15) is 0 Å². The molecule has 0 radical (unpaired) electrons. The number of benzene rings is 1. The number of rotatable bonds is 6. The minimum absolute atomic E-state index is 0.292. The maximum atomic E-state index is 10.7. The van der Waals surface area contributed by atoms with Crippen molar-refractivity contribution in [2.45, 2.75) is 26.0 Å². The van der Waals surface area contributed by atoms with E-state index in [2.05, 4.69) is 29.2 Å². The summed E-state index contributed by atoms with van der Waals surface area (Å²) in [6, 6.07) is 8.39. The average molecular weight is 263 g/mol. The average Bonchev–Trinajstić information content (AvgIpc) is 2.76. The Balaban J connectivity index is 1.88. The lowest BCUT2D eigenvalue weighted by Crippen LogP contribution is -2.21. The number of ether oxygens (including phenoxy) is 1. The van der Waals surface area contributed by atoms with Gasteiger partial charge in [-0.1, -0.05) is 24.3 Å². The number of nitrogens with zero attached hydrogens (tertiary/aromatic N) is 1. The van der Waals surface area contributed by atoms with E-state index in [1.807, 2.05) is 0 Å². The van der Waals surface area contributed by atoms with Crippen molar-refractivity contribution in [2.75, 3.05) is 20.2 Å². The largest absolute Gasteiger partial charge is 0.481 e. The predicted molar refractivity (Wildman–Crippen MR) is 72.8 cm³/mol. The van der Waals surface area contributed by atoms with Crippen LogP contribution in [0.4, 0.5) is 0 Å². The fourth-order valence-electron chi connectivity index (χ4n) is 2.71. The third-order valence-electron chi connectivity index (χ3n) is 3.54. The lowest BCUT2D eigenvalue weighted by Gasteiger charge is -2.16. The standard InChI is InChI=1S/C15H21NO3/c1-19-11-14-4-2-3-12(7-14)9-16-6-5-13(10-16)8-15(17)18/h2-4,7,13H,5-6,8-11H2,1H3,(H,17,18). The van der Waals surface area contributed by atoms with Gasteiger partial charge in [-0.05, 0) is 30.0 Å². The van der Waals surface area contributed by atoms with Crippen LogP contribution < -0.4 is 0 Å². The highest BCUT2D eigenvalue weighted by Gasteiger charge is 2.24. The summed E-state index contributed by atoms with van der Waals surface area (Å²) >= 11 is 0. The van der Waals surface area contributed by atoms with Crippen LogP contribution in [-0.2, 0) is 22.7 Å². The molecule has 1 heterocycles. The third kappa shape index (κ3) is 4.33. The van der Waals surface area contributed by atoms with Crippen molar-refractivity contribution in [2.24, 2.45) is 5.92 Å². The summed E-state index contributed by atoms with van der Waals surface area (Å²) < 4.78 is 5.13. The molecule has 0 amide bonds. The van der Waals surface area contributed by atoms with Gasteiger partial charge in [0.05, 0.1) is 6.61 Å². The Bertz CT molecular complexity index is 433. The zero-order valence-corrected chi connectivity index (χ0v) is 11.3. The van der Waals surface area contributed by atoms with Crippen molar-refractivity contribution in [3.63, 3.8) is 0 Å². The van der Waals surface area contributed by atoms with Gasteiger partial charge in [-0.2, -0.15) is 0 Å². The molecule has 1 atom stereocenters. The first-order valence-electron chi connectivity index (χ1n) is 6.68. The molecule has 1 aliphatic heterocycles. The van der Waals surface area contributed by atoms with Crippen molar-refractivity contribution >= 4 is 5.97 Å². The number of carboxylic acid groups (broad SMARTS) is 1. The minimum Gasteiger partial charge on any atom is -0.481 e. The second-order valence-corrected chi connectivity index (χ2v) is 5.24. The van der Waals surface area contributed by atoms with E-state index in [0.29, 0.717) is 18.9 Å². The van der Waals surface area contributed by atoms with Crippen LogP contribution in [0.1, 0.15) is 24.0 Å². The Morgan fingerprint density at radius 3 is 3.00 bits per heavy atom. The Morgan fingerprint density at radius 2 is 2.26 bits per heavy atom. The van der Waals surface area contributed by atoms with Crippen molar-refractivity contribution < 1.29 is 14.6 Å². The highest BCUT2D eigenvalue weighted by molar-refractivity contribution is 5.67. The summed E-state index contributed by atoms with van der Waals surface area (Å²) in [6.07, 6.45) is 1.28. The van der Waals surface area contributed by atoms with E-state index in [4.69, 9.17) is 9.84 Å². The molecule has 1 saturated heterocycles. The van der Waals surface area contributed by atoms with Crippen LogP contribution in [0.3, 0.4) is 0 Å². The fourth-order valence-corrected chi connectivity index (χ4v) is 2.71. The van der Waals surface area contributed by atoms with Crippen LogP contribution in [-0.4, -0.2) is 36.2 Å². The van der Waals surface area contributed by atoms with Crippen LogP contribution in [0.25, 0.3) is 0 Å². The van der Waals surface area contributed by atoms with Crippen molar-refractivity contribution in [1.29, 1.82) is 0 Å². The quantitative estimate of drug-likeness (QED) is 0.854. The molecule has 4 heteroatoms. The molecule has 4 nitrogen and oxygen atoms in total. The summed E-state index contributed by atoms with van der Waals surface area (Å²) in [6.45, 7) is 3.41. The number of carbonyl (C=O) groups is 1. The van der Waals surface area contributed by atoms with Gasteiger partial charge in [0.15, 0.2) is 0 Å². The topological polar surface area (TPSA) is 49.8 Å². The van der Waals surface area contributed by atoms with Crippen LogP contribution in [0.15, 0.2) is 24.3 Å². The van der Waals surface area contributed by atoms with E-state index in [1.165, 1.54) is 11.1 Å². The molecule has 1 unspecified atom stereocenters. The maximum Gasteiger partial charge on any atom is 0.303 e. The zero-order valence-electron chi connectivity index (χ0n) is 11.3. The lowest BCUT2D eigenvalue weighted by molar-refractivity contribution is -0.138. The Kier molecular flexibility index (Phi) is 4.93. The Hall–Kier alpha value is -1.39. The molecule has 1 aliphatic rings. The summed E-state index contributed by atoms with van der Waals surface area (Å²) in [5, 5.41) is 8.81. The highest BCUT2D eigenvalue weighted by atomic mass is 16.5. The zero-order chi connectivity index (χ0) is 13.7. The molecule has 0 saturated carbocycles. The summed E-state index contributed by atoms with van der Waals surface area (Å²) in [5.74, 6) is -0.381. The molecule has 0 aromatic heterocycles. The van der Waals surface area contributed by atoms with Gasteiger partial charge in [-0.15, -0.1) is 0 Å². The number of hydrogen-bond acceptors (Lipinski definition) is 3. The summed E-state index contributed by atoms with van der Waals surface area (Å²) in [4.78, 5) is 13.0. The molecule has 19 heavy (non-hydrogen) atoms. The fraction of sp³-hybridized carbons (Fsp3) is 0.533. The molecular weight excluding hydrogens is 242 g/mol. The van der Waals surface area contributed by atoms with Crippen molar-refractivity contribution in [3.8, 4) is 0 Å². The molecule has 0 spiro atoms. The van der Waals surface area contributed by atoms with E-state index in [0.717, 1.165) is 26.1 Å². The summed E-state index contributed by atoms with van der Waals surface area (Å²) in [7, 11) is 1.70. The molecule has 2 rings (SSSR count). The second kappa shape index (κ2) is 6.68. The van der Waals surface area contributed by atoms with E-state index < -0.39 is 5.97 Å². The SMILES string of the molecule is COCc1cccc(CN2CCC(CC(=O)O)C2)c1. The third-order valence-corrected chi connectivity index (χ3v) is 3.54. The second-order valence-electron chi connectivity index (χ2n) is 5.24. The Labute approximate surface area is 114 Å². The normalized spacial score (nSPS) is 19.7. The monoisotopic (exact) mass is 263 g/mol. The molecule has 0 bridgehead atoms. The molecule has 104 valence electrons. The van der Waals surface area contributed by atoms with E-state index in [-0.39, 0.29) is 0 Å². The van der Waals surface area contributed by atoms with Crippen LogP contribution >= 0.6 is 0 Å². The van der Waals surface area contributed by atoms with Gasteiger partial charge in [0.25, 0.3) is 0 Å². The van der Waals surface area contributed by atoms with Crippen molar-refractivity contribution in [1.82, 2.24) is 4.90 Å². The lowest BCUT2D eigenvalue weighted by atomic mass is 10.1. The minimum atomic E-state index is -0.686.